The van der Waals surface area contributed by atoms with Gasteiger partial charge >= 0.3 is 0 Å². The Balaban J connectivity index is 1.46. The van der Waals surface area contributed by atoms with Crippen molar-refractivity contribution in [1.29, 1.82) is 0 Å². The number of hydrazone groups is 1. The second-order valence-corrected chi connectivity index (χ2v) is 8.82. The van der Waals surface area contributed by atoms with Gasteiger partial charge in [-0.15, -0.1) is 0 Å². The highest BCUT2D eigenvalue weighted by Crippen LogP contribution is 2.40. The first-order chi connectivity index (χ1) is 18.4. The summed E-state index contributed by atoms with van der Waals surface area (Å²) in [6, 6.07) is 16.0. The topological polar surface area (TPSA) is 89.9 Å². The van der Waals surface area contributed by atoms with Crippen molar-refractivity contribution in [3.8, 4) is 23.0 Å². The van der Waals surface area contributed by atoms with Gasteiger partial charge in [-0.3, -0.25) is 9.59 Å². The molecule has 0 bridgehead atoms. The number of rotatable bonds is 7. The summed E-state index contributed by atoms with van der Waals surface area (Å²) in [7, 11) is 4.57. The number of hydrogen-bond acceptors (Lipinski definition) is 7. The maximum atomic E-state index is 14.2. The van der Waals surface area contributed by atoms with Gasteiger partial charge in [-0.1, -0.05) is 18.2 Å². The second-order valence-electron chi connectivity index (χ2n) is 8.82. The monoisotopic (exact) mass is 519 g/mol. The van der Waals surface area contributed by atoms with E-state index in [1.54, 1.807) is 38.5 Å². The molecule has 0 aliphatic carbocycles. The van der Waals surface area contributed by atoms with Crippen molar-refractivity contribution >= 4 is 17.5 Å². The van der Waals surface area contributed by atoms with Gasteiger partial charge in [0.05, 0.1) is 31.5 Å². The van der Waals surface area contributed by atoms with Crippen LogP contribution in [-0.4, -0.2) is 62.0 Å². The molecule has 38 heavy (non-hydrogen) atoms. The van der Waals surface area contributed by atoms with Crippen molar-refractivity contribution < 1.29 is 32.9 Å². The van der Waals surface area contributed by atoms with Crippen molar-refractivity contribution in [2.75, 3.05) is 34.6 Å². The number of ether oxygens (including phenoxy) is 4. The van der Waals surface area contributed by atoms with Crippen LogP contribution in [-0.2, 0) is 4.79 Å². The van der Waals surface area contributed by atoms with Crippen molar-refractivity contribution in [3.63, 3.8) is 0 Å². The summed E-state index contributed by atoms with van der Waals surface area (Å²) in [5, 5.41) is 6.03. The average molecular weight is 520 g/mol. The molecule has 3 aromatic carbocycles. The Morgan fingerprint density at radius 2 is 1.84 bits per heavy atom. The molecule has 10 heteroatoms. The first kappa shape index (κ1) is 25.1. The molecular weight excluding hydrogens is 493 g/mol. The van der Waals surface area contributed by atoms with Crippen LogP contribution in [0.3, 0.4) is 0 Å². The van der Waals surface area contributed by atoms with E-state index >= 15 is 0 Å². The van der Waals surface area contributed by atoms with Gasteiger partial charge in [0.15, 0.2) is 11.5 Å². The average Bonchev–Trinajstić information content (AvgIpc) is 3.59. The first-order valence-corrected chi connectivity index (χ1v) is 11.9. The first-order valence-electron chi connectivity index (χ1n) is 11.9. The van der Waals surface area contributed by atoms with Crippen molar-refractivity contribution in [1.82, 2.24) is 9.91 Å². The zero-order chi connectivity index (χ0) is 26.8. The molecule has 0 aromatic heterocycles. The Hall–Kier alpha value is -4.60. The molecule has 0 unspecified atom stereocenters. The van der Waals surface area contributed by atoms with E-state index < -0.39 is 23.7 Å². The zero-order valence-electron chi connectivity index (χ0n) is 21.1. The van der Waals surface area contributed by atoms with Crippen molar-refractivity contribution in [2.45, 2.75) is 12.5 Å². The van der Waals surface area contributed by atoms with E-state index in [0.29, 0.717) is 40.7 Å². The van der Waals surface area contributed by atoms with Gasteiger partial charge in [-0.05, 0) is 42.0 Å². The number of hydrogen-bond donors (Lipinski definition) is 0. The standard InChI is InChI=1S/C28H26FN3O6/c1-31(28(34)19-6-4-5-7-21(19)29)15-27(33)32-23(17-8-11-24-26(12-17)38-16-37-24)14-22(30-32)20-10-9-18(35-2)13-25(20)36-3/h4-13,23H,14-16H2,1-3H3/t23-/m1/s1. The van der Waals surface area contributed by atoms with Gasteiger partial charge < -0.3 is 23.8 Å². The number of amides is 2. The van der Waals surface area contributed by atoms with Gasteiger partial charge in [0, 0.05) is 25.1 Å². The Morgan fingerprint density at radius 1 is 1.05 bits per heavy atom. The summed E-state index contributed by atoms with van der Waals surface area (Å²) in [6.45, 7) is -0.176. The molecule has 2 aliphatic rings. The molecule has 196 valence electrons. The van der Waals surface area contributed by atoms with Gasteiger partial charge in [-0.2, -0.15) is 5.10 Å². The third-order valence-electron chi connectivity index (χ3n) is 6.49. The normalized spacial score (nSPS) is 15.7. The molecular formula is C28H26FN3O6. The molecule has 2 aliphatic heterocycles. The fourth-order valence-corrected chi connectivity index (χ4v) is 4.51. The van der Waals surface area contributed by atoms with Crippen LogP contribution in [0, 0.1) is 5.82 Å². The number of carbonyl (C=O) groups is 2. The van der Waals surface area contributed by atoms with Crippen LogP contribution in [0.5, 0.6) is 23.0 Å². The van der Waals surface area contributed by atoms with Crippen LogP contribution in [0.25, 0.3) is 0 Å². The summed E-state index contributed by atoms with van der Waals surface area (Å²) in [5.41, 5.74) is 2.02. The van der Waals surface area contributed by atoms with E-state index in [0.717, 1.165) is 5.56 Å². The molecule has 0 spiro atoms. The van der Waals surface area contributed by atoms with Crippen LogP contribution < -0.4 is 18.9 Å². The van der Waals surface area contributed by atoms with Crippen LogP contribution in [0.1, 0.15) is 33.9 Å². The Bertz CT molecular complexity index is 1430. The number of fused-ring (bicyclic) bond motifs is 1. The molecule has 0 saturated heterocycles. The van der Waals surface area contributed by atoms with Crippen LogP contribution in [0.2, 0.25) is 0 Å². The number of likely N-dealkylation sites (N-methyl/N-ethyl adjacent to an activating group) is 1. The van der Waals surface area contributed by atoms with Crippen LogP contribution in [0.15, 0.2) is 65.8 Å². The predicted octanol–water partition coefficient (Wildman–Crippen LogP) is 4.02. The Morgan fingerprint density at radius 3 is 2.61 bits per heavy atom. The molecule has 9 nitrogen and oxygen atoms in total. The third kappa shape index (κ3) is 4.72. The van der Waals surface area contributed by atoms with Crippen LogP contribution in [0.4, 0.5) is 4.39 Å². The lowest BCUT2D eigenvalue weighted by atomic mass is 9.97. The number of halogens is 1. The minimum absolute atomic E-state index is 0.108. The van der Waals surface area contributed by atoms with E-state index in [-0.39, 0.29) is 18.9 Å². The lowest BCUT2D eigenvalue weighted by molar-refractivity contribution is -0.133. The molecule has 1 atom stereocenters. The minimum Gasteiger partial charge on any atom is -0.497 e. The molecule has 5 rings (SSSR count). The van der Waals surface area contributed by atoms with E-state index in [1.165, 1.54) is 35.2 Å². The molecule has 0 N–H and O–H groups in total. The Labute approximate surface area is 219 Å². The van der Waals surface area contributed by atoms with E-state index in [9.17, 15) is 14.0 Å². The summed E-state index contributed by atoms with van der Waals surface area (Å²) >= 11 is 0. The highest BCUT2D eigenvalue weighted by atomic mass is 19.1. The van der Waals surface area contributed by atoms with Gasteiger partial charge in [0.25, 0.3) is 11.8 Å². The predicted molar refractivity (Wildman–Crippen MR) is 136 cm³/mol. The van der Waals surface area contributed by atoms with Crippen molar-refractivity contribution in [3.05, 3.63) is 83.2 Å². The van der Waals surface area contributed by atoms with Gasteiger partial charge in [0.1, 0.15) is 23.9 Å². The molecule has 0 saturated carbocycles. The smallest absolute Gasteiger partial charge is 0.262 e. The Kier molecular flexibility index (Phi) is 6.87. The fourth-order valence-electron chi connectivity index (χ4n) is 4.51. The quantitative estimate of drug-likeness (QED) is 0.469. The zero-order valence-corrected chi connectivity index (χ0v) is 21.1. The number of methoxy groups -OCH3 is 2. The van der Waals surface area contributed by atoms with E-state index in [4.69, 9.17) is 18.9 Å². The van der Waals surface area contributed by atoms with Gasteiger partial charge in [-0.25, -0.2) is 9.40 Å². The molecule has 2 amide bonds. The second kappa shape index (κ2) is 10.4. The molecule has 3 aromatic rings. The minimum atomic E-state index is -0.650. The summed E-state index contributed by atoms with van der Waals surface area (Å²) in [4.78, 5) is 27.6. The number of carbonyl (C=O) groups excluding carboxylic acids is 2. The fraction of sp³-hybridized carbons (Fsp3) is 0.250. The lowest BCUT2D eigenvalue weighted by Crippen LogP contribution is -2.39. The highest BCUT2D eigenvalue weighted by molar-refractivity contribution is 6.05. The highest BCUT2D eigenvalue weighted by Gasteiger charge is 2.36. The number of nitrogens with zero attached hydrogens (tertiary/aromatic N) is 3. The summed E-state index contributed by atoms with van der Waals surface area (Å²) < 4.78 is 36.0. The van der Waals surface area contributed by atoms with Crippen LogP contribution >= 0.6 is 0 Å². The molecule has 2 heterocycles. The van der Waals surface area contributed by atoms with E-state index in [2.05, 4.69) is 5.10 Å². The lowest BCUT2D eigenvalue weighted by Gasteiger charge is -2.25. The largest absolute Gasteiger partial charge is 0.497 e. The maximum absolute atomic E-state index is 14.2. The third-order valence-corrected chi connectivity index (χ3v) is 6.49. The van der Waals surface area contributed by atoms with Gasteiger partial charge in [0.2, 0.25) is 6.79 Å². The summed E-state index contributed by atoms with van der Waals surface area (Å²) in [5.74, 6) is 0.697. The SMILES string of the molecule is COc1ccc(C2=NN(C(=O)CN(C)C(=O)c3ccccc3F)[C@@H](c3ccc4c(c3)OCO4)C2)c(OC)c1. The summed E-state index contributed by atoms with van der Waals surface area (Å²) in [6.07, 6.45) is 0.388. The number of benzene rings is 3. The van der Waals surface area contributed by atoms with Crippen molar-refractivity contribution in [2.24, 2.45) is 5.10 Å². The molecule has 0 fully saturated rings. The molecule has 0 radical (unpaired) electrons. The van der Waals surface area contributed by atoms with E-state index in [1.807, 2.05) is 18.2 Å². The maximum Gasteiger partial charge on any atom is 0.262 e.